The molecule has 82 valence electrons. The Hall–Kier alpha value is -1.10. The van der Waals surface area contributed by atoms with E-state index in [2.05, 4.69) is 10.1 Å². The first-order valence-corrected chi connectivity index (χ1v) is 4.67. The number of nitrogens with one attached hydrogen (secondary N) is 1. The van der Waals surface area contributed by atoms with Crippen molar-refractivity contribution in [3.05, 3.63) is 0 Å². The Balaban J connectivity index is 3.67. The highest BCUT2D eigenvalue weighted by Crippen LogP contribution is 1.87. The number of esters is 2. The average Bonchev–Trinajstić information content (AvgIpc) is 2.15. The van der Waals surface area contributed by atoms with Gasteiger partial charge in [-0.15, -0.1) is 0 Å². The van der Waals surface area contributed by atoms with E-state index in [0.29, 0.717) is 13.2 Å². The predicted molar refractivity (Wildman–Crippen MR) is 50.7 cm³/mol. The summed E-state index contributed by atoms with van der Waals surface area (Å²) >= 11 is 0. The maximum absolute atomic E-state index is 11.1. The van der Waals surface area contributed by atoms with Crippen molar-refractivity contribution in [1.82, 2.24) is 5.32 Å². The normalized spacial score (nSPS) is 11.9. The second kappa shape index (κ2) is 7.32. The van der Waals surface area contributed by atoms with Crippen LogP contribution in [0.1, 0.15) is 20.8 Å². The Bertz CT molecular complexity index is 193. The summed E-state index contributed by atoms with van der Waals surface area (Å²) in [5.74, 6) is -0.736. The van der Waals surface area contributed by atoms with Crippen LogP contribution in [-0.2, 0) is 19.1 Å². The fraction of sp³-hybridized carbons (Fsp3) is 0.778. The molecule has 0 saturated heterocycles. The van der Waals surface area contributed by atoms with Crippen LogP contribution in [0.5, 0.6) is 0 Å². The number of carbonyl (C=O) groups excluding carboxylic acids is 2. The summed E-state index contributed by atoms with van der Waals surface area (Å²) in [5.41, 5.74) is 0. The van der Waals surface area contributed by atoms with Gasteiger partial charge >= 0.3 is 11.9 Å². The van der Waals surface area contributed by atoms with Gasteiger partial charge in [-0.3, -0.25) is 14.9 Å². The number of rotatable bonds is 6. The number of carbonyl (C=O) groups is 2. The van der Waals surface area contributed by atoms with Crippen molar-refractivity contribution in [1.29, 1.82) is 0 Å². The van der Waals surface area contributed by atoms with Gasteiger partial charge in [-0.25, -0.2) is 0 Å². The highest BCUT2D eigenvalue weighted by Gasteiger charge is 2.14. The summed E-state index contributed by atoms with van der Waals surface area (Å²) in [6.45, 7) is 5.80. The molecule has 0 aromatic carbocycles. The van der Waals surface area contributed by atoms with Gasteiger partial charge in [0.25, 0.3) is 0 Å². The number of ether oxygens (including phenoxy) is 2. The summed E-state index contributed by atoms with van der Waals surface area (Å²) in [6, 6.07) is -0.487. The van der Waals surface area contributed by atoms with Crippen LogP contribution in [0.2, 0.25) is 0 Å². The van der Waals surface area contributed by atoms with Crippen molar-refractivity contribution in [2.45, 2.75) is 26.8 Å². The number of hydrogen-bond acceptors (Lipinski definition) is 5. The molecule has 5 nitrogen and oxygen atoms in total. The SMILES string of the molecule is CCOC(=O)CN[C@H](C)C(=O)OCC. The molecule has 0 amide bonds. The summed E-state index contributed by atoms with van der Waals surface area (Å²) in [4.78, 5) is 22.0. The van der Waals surface area contributed by atoms with Gasteiger partial charge in [-0.05, 0) is 20.8 Å². The zero-order valence-corrected chi connectivity index (χ0v) is 8.83. The largest absolute Gasteiger partial charge is 0.465 e. The lowest BCUT2D eigenvalue weighted by Crippen LogP contribution is -2.39. The number of hydrogen-bond donors (Lipinski definition) is 1. The van der Waals surface area contributed by atoms with E-state index in [1.165, 1.54) is 0 Å². The van der Waals surface area contributed by atoms with E-state index in [1.807, 2.05) is 0 Å². The van der Waals surface area contributed by atoms with E-state index in [-0.39, 0.29) is 18.5 Å². The maximum Gasteiger partial charge on any atom is 0.322 e. The Labute approximate surface area is 83.8 Å². The lowest BCUT2D eigenvalue weighted by Gasteiger charge is -2.11. The highest BCUT2D eigenvalue weighted by atomic mass is 16.5. The van der Waals surface area contributed by atoms with E-state index in [0.717, 1.165) is 0 Å². The molecular weight excluding hydrogens is 186 g/mol. The second-order valence-corrected chi connectivity index (χ2v) is 2.66. The summed E-state index contributed by atoms with van der Waals surface area (Å²) in [5, 5.41) is 2.70. The molecule has 1 N–H and O–H groups in total. The van der Waals surface area contributed by atoms with Crippen LogP contribution in [0.25, 0.3) is 0 Å². The molecule has 0 rings (SSSR count). The van der Waals surface area contributed by atoms with Gasteiger partial charge in [0.2, 0.25) is 0 Å². The van der Waals surface area contributed by atoms with Gasteiger partial charge in [0.1, 0.15) is 6.04 Å². The molecule has 0 heterocycles. The topological polar surface area (TPSA) is 64.6 Å². The molecular formula is C9H17NO4. The minimum Gasteiger partial charge on any atom is -0.465 e. The Morgan fingerprint density at radius 1 is 1.21 bits per heavy atom. The van der Waals surface area contributed by atoms with Crippen molar-refractivity contribution in [3.8, 4) is 0 Å². The van der Waals surface area contributed by atoms with E-state index >= 15 is 0 Å². The minimum absolute atomic E-state index is 0.0216. The van der Waals surface area contributed by atoms with Crippen LogP contribution >= 0.6 is 0 Å². The first-order chi connectivity index (χ1) is 6.61. The second-order valence-electron chi connectivity index (χ2n) is 2.66. The minimum atomic E-state index is -0.487. The van der Waals surface area contributed by atoms with Crippen LogP contribution in [0.3, 0.4) is 0 Å². The van der Waals surface area contributed by atoms with Crippen molar-refractivity contribution >= 4 is 11.9 Å². The summed E-state index contributed by atoms with van der Waals surface area (Å²) in [7, 11) is 0. The van der Waals surface area contributed by atoms with Crippen LogP contribution in [0.15, 0.2) is 0 Å². The van der Waals surface area contributed by atoms with Crippen molar-refractivity contribution < 1.29 is 19.1 Å². The molecule has 0 aromatic rings. The fourth-order valence-electron chi connectivity index (χ4n) is 0.799. The van der Waals surface area contributed by atoms with Gasteiger partial charge in [0, 0.05) is 0 Å². The van der Waals surface area contributed by atoms with E-state index in [1.54, 1.807) is 20.8 Å². The Kier molecular flexibility index (Phi) is 6.74. The van der Waals surface area contributed by atoms with Gasteiger partial charge in [-0.2, -0.15) is 0 Å². The molecule has 0 aromatic heterocycles. The van der Waals surface area contributed by atoms with E-state index in [9.17, 15) is 9.59 Å². The molecule has 0 radical (unpaired) electrons. The molecule has 14 heavy (non-hydrogen) atoms. The van der Waals surface area contributed by atoms with Crippen LogP contribution < -0.4 is 5.32 Å². The van der Waals surface area contributed by atoms with Crippen molar-refractivity contribution in [2.75, 3.05) is 19.8 Å². The molecule has 1 atom stereocenters. The average molecular weight is 203 g/mol. The highest BCUT2D eigenvalue weighted by molar-refractivity contribution is 5.77. The van der Waals surface area contributed by atoms with Crippen molar-refractivity contribution in [2.24, 2.45) is 0 Å². The molecule has 0 aliphatic rings. The van der Waals surface area contributed by atoms with Gasteiger partial charge in [-0.1, -0.05) is 0 Å². The van der Waals surface area contributed by atoms with Crippen LogP contribution in [-0.4, -0.2) is 37.7 Å². The van der Waals surface area contributed by atoms with Crippen molar-refractivity contribution in [3.63, 3.8) is 0 Å². The zero-order valence-electron chi connectivity index (χ0n) is 8.83. The monoisotopic (exact) mass is 203 g/mol. The molecule has 5 heteroatoms. The third-order valence-corrected chi connectivity index (χ3v) is 1.50. The van der Waals surface area contributed by atoms with E-state index < -0.39 is 6.04 Å². The lowest BCUT2D eigenvalue weighted by molar-refractivity contribution is -0.146. The first kappa shape index (κ1) is 12.9. The fourth-order valence-corrected chi connectivity index (χ4v) is 0.799. The first-order valence-electron chi connectivity index (χ1n) is 4.67. The third kappa shape index (κ3) is 5.53. The third-order valence-electron chi connectivity index (χ3n) is 1.50. The molecule has 0 fully saturated rings. The smallest absolute Gasteiger partial charge is 0.322 e. The molecule has 0 saturated carbocycles. The maximum atomic E-state index is 11.1. The van der Waals surface area contributed by atoms with Gasteiger partial charge in [0.05, 0.1) is 19.8 Å². The van der Waals surface area contributed by atoms with Crippen LogP contribution in [0.4, 0.5) is 0 Å². The standard InChI is InChI=1S/C9H17NO4/c1-4-13-8(11)6-10-7(3)9(12)14-5-2/h7,10H,4-6H2,1-3H3/t7-/m1/s1. The summed E-state index contributed by atoms with van der Waals surface area (Å²) in [6.07, 6.45) is 0. The zero-order chi connectivity index (χ0) is 11.0. The quantitative estimate of drug-likeness (QED) is 0.620. The molecule has 0 bridgehead atoms. The van der Waals surface area contributed by atoms with Gasteiger partial charge < -0.3 is 9.47 Å². The van der Waals surface area contributed by atoms with Crippen LogP contribution in [0, 0.1) is 0 Å². The molecule has 0 unspecified atom stereocenters. The molecule has 0 aliphatic carbocycles. The van der Waals surface area contributed by atoms with E-state index in [4.69, 9.17) is 4.74 Å². The predicted octanol–water partition coefficient (Wildman–Crippen LogP) is 0.0907. The molecule has 0 aliphatic heterocycles. The lowest BCUT2D eigenvalue weighted by atomic mass is 10.3. The van der Waals surface area contributed by atoms with Gasteiger partial charge in [0.15, 0.2) is 0 Å². The Morgan fingerprint density at radius 3 is 2.29 bits per heavy atom. The summed E-state index contributed by atoms with van der Waals surface area (Å²) < 4.78 is 9.42. The molecule has 0 spiro atoms. The Morgan fingerprint density at radius 2 is 1.79 bits per heavy atom.